The van der Waals surface area contributed by atoms with Gasteiger partial charge < -0.3 is 15.0 Å². The number of nitrogens with one attached hydrogen (secondary N) is 1. The van der Waals surface area contributed by atoms with Crippen molar-refractivity contribution in [3.8, 4) is 5.75 Å². The number of rotatable bonds is 4. The van der Waals surface area contributed by atoms with Crippen LogP contribution < -0.4 is 15.0 Å². The van der Waals surface area contributed by atoms with Crippen LogP contribution in [0.3, 0.4) is 0 Å². The van der Waals surface area contributed by atoms with E-state index in [4.69, 9.17) is 4.74 Å². The second kappa shape index (κ2) is 5.74. The number of hydrogen-bond acceptors (Lipinski definition) is 3. The number of methoxy groups -OCH3 is 1. The van der Waals surface area contributed by atoms with E-state index in [0.717, 1.165) is 29.9 Å². The molecular weight excluding hydrogens is 280 g/mol. The molecule has 1 aromatic rings. The maximum absolute atomic E-state index is 5.33. The Hall–Kier alpha value is -0.740. The van der Waals surface area contributed by atoms with Crippen molar-refractivity contribution in [2.45, 2.75) is 19.4 Å². The number of nitrogens with zero attached hydrogens (tertiary/aromatic N) is 1. The molecule has 0 spiro atoms. The summed E-state index contributed by atoms with van der Waals surface area (Å²) in [5.41, 5.74) is 1.24. The summed E-state index contributed by atoms with van der Waals surface area (Å²) < 4.78 is 6.34. The predicted molar refractivity (Wildman–Crippen MR) is 75.0 cm³/mol. The summed E-state index contributed by atoms with van der Waals surface area (Å²) in [6, 6.07) is 6.91. The van der Waals surface area contributed by atoms with Gasteiger partial charge in [0.2, 0.25) is 0 Å². The van der Waals surface area contributed by atoms with Gasteiger partial charge in [-0.05, 0) is 41.0 Å². The molecule has 1 fully saturated rings. The Morgan fingerprint density at radius 3 is 3.06 bits per heavy atom. The van der Waals surface area contributed by atoms with Crippen LogP contribution in [0, 0.1) is 0 Å². The van der Waals surface area contributed by atoms with E-state index in [0.29, 0.717) is 6.04 Å². The fourth-order valence-corrected chi connectivity index (χ4v) is 2.70. The zero-order valence-corrected chi connectivity index (χ0v) is 12.0. The first-order valence-electron chi connectivity index (χ1n) is 6.06. The summed E-state index contributed by atoms with van der Waals surface area (Å²) in [6.07, 6.45) is 1.21. The predicted octanol–water partition coefficient (Wildman–Crippen LogP) is 2.65. The van der Waals surface area contributed by atoms with Crippen LogP contribution in [0.5, 0.6) is 5.75 Å². The molecule has 1 N–H and O–H groups in total. The molecule has 4 heteroatoms. The fourth-order valence-electron chi connectivity index (χ4n) is 2.30. The summed E-state index contributed by atoms with van der Waals surface area (Å²) >= 11 is 3.48. The zero-order chi connectivity index (χ0) is 12.3. The molecule has 0 radical (unpaired) electrons. The van der Waals surface area contributed by atoms with Crippen molar-refractivity contribution in [2.75, 3.05) is 31.6 Å². The van der Waals surface area contributed by atoms with Gasteiger partial charge in [0, 0.05) is 30.9 Å². The lowest BCUT2D eigenvalue weighted by molar-refractivity contribution is 0.412. The molecule has 0 aliphatic carbocycles. The molecule has 1 aliphatic rings. The molecule has 1 heterocycles. The smallest absolute Gasteiger partial charge is 0.135 e. The van der Waals surface area contributed by atoms with Crippen LogP contribution in [-0.2, 0) is 0 Å². The van der Waals surface area contributed by atoms with E-state index in [1.165, 1.54) is 12.1 Å². The van der Waals surface area contributed by atoms with Gasteiger partial charge >= 0.3 is 0 Å². The molecule has 0 bridgehead atoms. The number of benzene rings is 1. The molecule has 0 aromatic heterocycles. The SMILES string of the molecule is CCNC1CCN(c2ccc(Br)c(OC)c2)C1. The lowest BCUT2D eigenvalue weighted by Crippen LogP contribution is -2.32. The van der Waals surface area contributed by atoms with Gasteiger partial charge in [0.1, 0.15) is 5.75 Å². The summed E-state index contributed by atoms with van der Waals surface area (Å²) in [5.74, 6) is 0.898. The van der Waals surface area contributed by atoms with Crippen molar-refractivity contribution in [3.05, 3.63) is 22.7 Å². The molecule has 2 rings (SSSR count). The highest BCUT2D eigenvalue weighted by Crippen LogP contribution is 2.31. The second-order valence-electron chi connectivity index (χ2n) is 4.31. The van der Waals surface area contributed by atoms with E-state index in [9.17, 15) is 0 Å². The maximum atomic E-state index is 5.33. The Bertz CT molecular complexity index is 384. The first-order valence-corrected chi connectivity index (χ1v) is 6.85. The highest BCUT2D eigenvalue weighted by molar-refractivity contribution is 9.10. The minimum atomic E-state index is 0.620. The number of halogens is 1. The van der Waals surface area contributed by atoms with Crippen LogP contribution in [0.1, 0.15) is 13.3 Å². The second-order valence-corrected chi connectivity index (χ2v) is 5.16. The third-order valence-electron chi connectivity index (χ3n) is 3.18. The molecule has 1 aliphatic heterocycles. The van der Waals surface area contributed by atoms with Gasteiger partial charge in [0.15, 0.2) is 0 Å². The molecular formula is C13H19BrN2O. The Kier molecular flexibility index (Phi) is 4.29. The zero-order valence-electron chi connectivity index (χ0n) is 10.4. The highest BCUT2D eigenvalue weighted by Gasteiger charge is 2.22. The Morgan fingerprint density at radius 1 is 1.53 bits per heavy atom. The standard InChI is InChI=1S/C13H19BrN2O/c1-3-15-10-6-7-16(9-10)11-4-5-12(14)13(8-11)17-2/h4-5,8,10,15H,3,6-7,9H2,1-2H3. The molecule has 1 unspecified atom stereocenters. The summed E-state index contributed by atoms with van der Waals surface area (Å²) in [6.45, 7) is 5.40. The van der Waals surface area contributed by atoms with E-state index in [-0.39, 0.29) is 0 Å². The van der Waals surface area contributed by atoms with Crippen LogP contribution in [0.25, 0.3) is 0 Å². The van der Waals surface area contributed by atoms with Gasteiger partial charge in [-0.1, -0.05) is 6.92 Å². The van der Waals surface area contributed by atoms with Crippen molar-refractivity contribution in [2.24, 2.45) is 0 Å². The third-order valence-corrected chi connectivity index (χ3v) is 3.84. The Labute approximate surface area is 111 Å². The van der Waals surface area contributed by atoms with Gasteiger partial charge in [0.05, 0.1) is 11.6 Å². The monoisotopic (exact) mass is 298 g/mol. The lowest BCUT2D eigenvalue weighted by atomic mass is 10.2. The molecule has 94 valence electrons. The number of ether oxygens (including phenoxy) is 1. The van der Waals surface area contributed by atoms with Gasteiger partial charge in [-0.15, -0.1) is 0 Å². The van der Waals surface area contributed by atoms with Crippen molar-refractivity contribution in [1.82, 2.24) is 5.32 Å². The number of hydrogen-bond donors (Lipinski definition) is 1. The maximum Gasteiger partial charge on any atom is 0.135 e. The summed E-state index contributed by atoms with van der Waals surface area (Å²) in [5, 5.41) is 3.50. The van der Waals surface area contributed by atoms with E-state index in [1.807, 2.05) is 0 Å². The summed E-state index contributed by atoms with van der Waals surface area (Å²) in [7, 11) is 1.70. The molecule has 17 heavy (non-hydrogen) atoms. The van der Waals surface area contributed by atoms with Crippen LogP contribution in [0.15, 0.2) is 22.7 Å². The molecule has 0 amide bonds. The van der Waals surface area contributed by atoms with Gasteiger partial charge in [-0.3, -0.25) is 0 Å². The lowest BCUT2D eigenvalue weighted by Gasteiger charge is -2.20. The van der Waals surface area contributed by atoms with Gasteiger partial charge in [-0.2, -0.15) is 0 Å². The normalized spacial score (nSPS) is 19.7. The molecule has 3 nitrogen and oxygen atoms in total. The largest absolute Gasteiger partial charge is 0.495 e. The fraction of sp³-hybridized carbons (Fsp3) is 0.538. The van der Waals surface area contributed by atoms with Crippen LogP contribution >= 0.6 is 15.9 Å². The Balaban J connectivity index is 2.08. The van der Waals surface area contributed by atoms with Crippen molar-refractivity contribution in [3.63, 3.8) is 0 Å². The molecule has 1 saturated heterocycles. The van der Waals surface area contributed by atoms with Gasteiger partial charge in [-0.25, -0.2) is 0 Å². The quantitative estimate of drug-likeness (QED) is 0.925. The molecule has 1 aromatic carbocycles. The first-order chi connectivity index (χ1) is 8.24. The average Bonchev–Trinajstić information content (AvgIpc) is 2.79. The number of anilines is 1. The average molecular weight is 299 g/mol. The topological polar surface area (TPSA) is 24.5 Å². The van der Waals surface area contributed by atoms with E-state index in [2.05, 4.69) is 51.3 Å². The van der Waals surface area contributed by atoms with Crippen LogP contribution in [0.2, 0.25) is 0 Å². The minimum Gasteiger partial charge on any atom is -0.495 e. The van der Waals surface area contributed by atoms with Crippen molar-refractivity contribution < 1.29 is 4.74 Å². The van der Waals surface area contributed by atoms with Crippen molar-refractivity contribution >= 4 is 21.6 Å². The molecule has 0 saturated carbocycles. The third kappa shape index (κ3) is 2.93. The van der Waals surface area contributed by atoms with Crippen molar-refractivity contribution in [1.29, 1.82) is 0 Å². The van der Waals surface area contributed by atoms with E-state index in [1.54, 1.807) is 7.11 Å². The van der Waals surface area contributed by atoms with Crippen LogP contribution in [0.4, 0.5) is 5.69 Å². The van der Waals surface area contributed by atoms with Crippen LogP contribution in [-0.4, -0.2) is 32.8 Å². The number of likely N-dealkylation sites (N-methyl/N-ethyl adjacent to an activating group) is 1. The van der Waals surface area contributed by atoms with E-state index >= 15 is 0 Å². The van der Waals surface area contributed by atoms with E-state index < -0.39 is 0 Å². The molecule has 1 atom stereocenters. The Morgan fingerprint density at radius 2 is 2.35 bits per heavy atom. The highest BCUT2D eigenvalue weighted by atomic mass is 79.9. The summed E-state index contributed by atoms with van der Waals surface area (Å²) in [4.78, 5) is 2.41. The first kappa shape index (κ1) is 12.7. The minimum absolute atomic E-state index is 0.620. The van der Waals surface area contributed by atoms with Gasteiger partial charge in [0.25, 0.3) is 0 Å².